The first-order valence-corrected chi connectivity index (χ1v) is 6.13. The molecule has 0 aliphatic heterocycles. The van der Waals surface area contributed by atoms with Gasteiger partial charge >= 0.3 is 0 Å². The van der Waals surface area contributed by atoms with E-state index in [1.54, 1.807) is 25.2 Å². The van der Waals surface area contributed by atoms with E-state index >= 15 is 0 Å². The predicted octanol–water partition coefficient (Wildman–Crippen LogP) is 0.387. The summed E-state index contributed by atoms with van der Waals surface area (Å²) in [5.41, 5.74) is 0.927. The highest BCUT2D eigenvalue weighted by atomic mass is 16.2. The van der Waals surface area contributed by atoms with E-state index in [1.165, 1.54) is 0 Å². The van der Waals surface area contributed by atoms with Gasteiger partial charge in [0.1, 0.15) is 6.33 Å². The smallest absolute Gasteiger partial charge is 0.276 e. The van der Waals surface area contributed by atoms with E-state index in [4.69, 9.17) is 0 Å². The van der Waals surface area contributed by atoms with Crippen LogP contribution in [-0.2, 0) is 13.1 Å². The van der Waals surface area contributed by atoms with Crippen LogP contribution in [0.1, 0.15) is 35.4 Å². The first-order valence-electron chi connectivity index (χ1n) is 6.13. The van der Waals surface area contributed by atoms with E-state index in [0.29, 0.717) is 17.9 Å². The molecule has 2 rings (SSSR count). The summed E-state index contributed by atoms with van der Waals surface area (Å²) in [4.78, 5) is 13.7. The molecule has 0 saturated heterocycles. The van der Waals surface area contributed by atoms with Crippen molar-refractivity contribution in [2.24, 2.45) is 0 Å². The third-order valence-electron chi connectivity index (χ3n) is 2.81. The number of carbonyl (C=O) groups is 1. The molecule has 0 aliphatic carbocycles. The molecule has 19 heavy (non-hydrogen) atoms. The fraction of sp³-hybridized carbons (Fsp3) is 0.545. The maximum absolute atomic E-state index is 12.2. The molecule has 1 amide bonds. The lowest BCUT2D eigenvalue weighted by Crippen LogP contribution is -2.28. The summed E-state index contributed by atoms with van der Waals surface area (Å²) in [7, 11) is 1.71. The Morgan fingerprint density at radius 2 is 2.26 bits per heavy atom. The van der Waals surface area contributed by atoms with Crippen LogP contribution in [0.3, 0.4) is 0 Å². The third kappa shape index (κ3) is 2.78. The molecule has 1 N–H and O–H groups in total. The van der Waals surface area contributed by atoms with E-state index in [9.17, 15) is 4.79 Å². The molecule has 2 heterocycles. The monoisotopic (exact) mass is 263 g/mol. The highest BCUT2D eigenvalue weighted by Crippen LogP contribution is 2.07. The fourth-order valence-corrected chi connectivity index (χ4v) is 1.78. The van der Waals surface area contributed by atoms with Crippen molar-refractivity contribution in [1.82, 2.24) is 35.1 Å². The molecule has 0 unspecified atom stereocenters. The van der Waals surface area contributed by atoms with Gasteiger partial charge in [0.05, 0.1) is 12.2 Å². The van der Waals surface area contributed by atoms with Crippen LogP contribution in [0.15, 0.2) is 6.33 Å². The van der Waals surface area contributed by atoms with E-state index in [2.05, 4.69) is 32.5 Å². The minimum atomic E-state index is -0.183. The second-order valence-electron chi connectivity index (χ2n) is 4.36. The number of nitrogens with zero attached hydrogens (tertiary/aromatic N) is 6. The van der Waals surface area contributed by atoms with E-state index in [-0.39, 0.29) is 5.91 Å². The number of aromatic nitrogens is 6. The van der Waals surface area contributed by atoms with Crippen molar-refractivity contribution in [3.05, 3.63) is 23.5 Å². The van der Waals surface area contributed by atoms with Crippen molar-refractivity contribution < 1.29 is 4.79 Å². The lowest BCUT2D eigenvalue weighted by Gasteiger charge is -2.15. The number of hydrogen-bond donors (Lipinski definition) is 1. The zero-order valence-electron chi connectivity index (χ0n) is 11.3. The molecule has 8 nitrogen and oxygen atoms in total. The number of aryl methyl sites for hydroxylation is 2. The Labute approximate surface area is 110 Å². The summed E-state index contributed by atoms with van der Waals surface area (Å²) < 4.78 is 1.94. The Morgan fingerprint density at radius 1 is 1.47 bits per heavy atom. The topological polar surface area (TPSA) is 92.6 Å². The molecule has 2 aromatic heterocycles. The quantitative estimate of drug-likeness (QED) is 0.842. The Morgan fingerprint density at radius 3 is 2.89 bits per heavy atom. The second kappa shape index (κ2) is 5.59. The molecule has 0 bridgehead atoms. The average Bonchev–Trinajstić information content (AvgIpc) is 2.99. The highest BCUT2D eigenvalue weighted by molar-refractivity contribution is 5.92. The third-order valence-corrected chi connectivity index (χ3v) is 2.81. The summed E-state index contributed by atoms with van der Waals surface area (Å²) in [6, 6.07) is 0. The lowest BCUT2D eigenvalue weighted by atomic mass is 10.3. The number of nitrogens with one attached hydrogen (secondary N) is 1. The molecule has 0 atom stereocenters. The molecule has 8 heteroatoms. The van der Waals surface area contributed by atoms with Crippen molar-refractivity contribution >= 4 is 5.91 Å². The van der Waals surface area contributed by atoms with E-state index < -0.39 is 0 Å². The Balaban J connectivity index is 2.08. The predicted molar refractivity (Wildman–Crippen MR) is 67.2 cm³/mol. The van der Waals surface area contributed by atoms with Gasteiger partial charge in [0.2, 0.25) is 0 Å². The summed E-state index contributed by atoms with van der Waals surface area (Å²) in [6.45, 7) is 5.06. The van der Waals surface area contributed by atoms with Crippen molar-refractivity contribution in [3.63, 3.8) is 0 Å². The van der Waals surface area contributed by atoms with Gasteiger partial charge in [-0.25, -0.2) is 0 Å². The van der Waals surface area contributed by atoms with Gasteiger partial charge in [-0.05, 0) is 13.3 Å². The SMILES string of the molecule is CCCn1cnnc1CN(C)C(=O)c1n[nH]nc1C. The second-order valence-corrected chi connectivity index (χ2v) is 4.36. The van der Waals surface area contributed by atoms with Crippen LogP contribution >= 0.6 is 0 Å². The number of hydrogen-bond acceptors (Lipinski definition) is 5. The number of amides is 1. The molecular weight excluding hydrogens is 246 g/mol. The summed E-state index contributed by atoms with van der Waals surface area (Å²) in [5, 5.41) is 18.1. The van der Waals surface area contributed by atoms with Gasteiger partial charge in [-0.2, -0.15) is 15.4 Å². The summed E-state index contributed by atoms with van der Waals surface area (Å²) in [5.74, 6) is 0.580. The minimum Gasteiger partial charge on any atom is -0.333 e. The maximum atomic E-state index is 12.2. The van der Waals surface area contributed by atoms with Gasteiger partial charge in [0.15, 0.2) is 11.5 Å². The van der Waals surface area contributed by atoms with Crippen LogP contribution in [0.4, 0.5) is 0 Å². The largest absolute Gasteiger partial charge is 0.333 e. The molecular formula is C11H17N7O. The first kappa shape index (κ1) is 13.2. The van der Waals surface area contributed by atoms with Crippen molar-refractivity contribution in [2.45, 2.75) is 33.4 Å². The maximum Gasteiger partial charge on any atom is 0.276 e. The van der Waals surface area contributed by atoms with Crippen LogP contribution in [0.2, 0.25) is 0 Å². The molecule has 0 fully saturated rings. The fourth-order valence-electron chi connectivity index (χ4n) is 1.78. The van der Waals surface area contributed by atoms with Gasteiger partial charge in [0.25, 0.3) is 5.91 Å². The number of aromatic amines is 1. The number of H-pyrrole nitrogens is 1. The van der Waals surface area contributed by atoms with Gasteiger partial charge in [-0.1, -0.05) is 6.92 Å². The standard InChI is InChI=1S/C11H17N7O/c1-4-5-18-7-12-14-9(18)6-17(3)11(19)10-8(2)13-16-15-10/h7H,4-6H2,1-3H3,(H,13,15,16). The van der Waals surface area contributed by atoms with Crippen molar-refractivity contribution in [1.29, 1.82) is 0 Å². The summed E-state index contributed by atoms with van der Waals surface area (Å²) >= 11 is 0. The van der Waals surface area contributed by atoms with Gasteiger partial charge in [-0.3, -0.25) is 4.79 Å². The molecule has 0 aromatic carbocycles. The van der Waals surface area contributed by atoms with E-state index in [0.717, 1.165) is 18.8 Å². The first-order chi connectivity index (χ1) is 9.13. The van der Waals surface area contributed by atoms with E-state index in [1.807, 2.05) is 4.57 Å². The number of rotatable bonds is 5. The van der Waals surface area contributed by atoms with Crippen LogP contribution in [-0.4, -0.2) is 48.0 Å². The van der Waals surface area contributed by atoms with Crippen LogP contribution in [0.25, 0.3) is 0 Å². The summed E-state index contributed by atoms with van der Waals surface area (Å²) in [6.07, 6.45) is 2.67. The lowest BCUT2D eigenvalue weighted by molar-refractivity contribution is 0.0773. The molecule has 0 saturated carbocycles. The van der Waals surface area contributed by atoms with Crippen molar-refractivity contribution in [2.75, 3.05) is 7.05 Å². The normalized spacial score (nSPS) is 10.7. The zero-order valence-corrected chi connectivity index (χ0v) is 11.3. The Kier molecular flexibility index (Phi) is 3.88. The van der Waals surface area contributed by atoms with Crippen LogP contribution in [0, 0.1) is 6.92 Å². The highest BCUT2D eigenvalue weighted by Gasteiger charge is 2.19. The van der Waals surface area contributed by atoms with Crippen LogP contribution < -0.4 is 0 Å². The minimum absolute atomic E-state index is 0.183. The zero-order chi connectivity index (χ0) is 13.8. The van der Waals surface area contributed by atoms with Gasteiger partial charge in [0, 0.05) is 13.6 Å². The average molecular weight is 263 g/mol. The molecule has 0 radical (unpaired) electrons. The Bertz CT molecular complexity index is 559. The molecule has 0 aliphatic rings. The Hall–Kier alpha value is -2.25. The van der Waals surface area contributed by atoms with Crippen molar-refractivity contribution in [3.8, 4) is 0 Å². The molecule has 0 spiro atoms. The molecule has 2 aromatic rings. The molecule has 102 valence electrons. The van der Waals surface area contributed by atoms with Gasteiger partial charge < -0.3 is 9.47 Å². The van der Waals surface area contributed by atoms with Gasteiger partial charge in [-0.15, -0.1) is 10.2 Å². The van der Waals surface area contributed by atoms with Crippen LogP contribution in [0.5, 0.6) is 0 Å². The number of carbonyl (C=O) groups excluding carboxylic acids is 1.